The molecule has 1 atom stereocenters. The molecule has 1 heterocycles. The van der Waals surface area contributed by atoms with Crippen LogP contribution in [0.4, 0.5) is 4.39 Å². The largest absolute Gasteiger partial charge is 0.495 e. The number of piperidine rings is 1. The van der Waals surface area contributed by atoms with Crippen molar-refractivity contribution in [1.82, 2.24) is 9.62 Å². The van der Waals surface area contributed by atoms with Crippen molar-refractivity contribution in [1.29, 1.82) is 0 Å². The molecule has 1 N–H and O–H groups in total. The lowest BCUT2D eigenvalue weighted by molar-refractivity contribution is -0.126. The van der Waals surface area contributed by atoms with E-state index >= 15 is 0 Å². The number of rotatable bonds is 6. The fourth-order valence-electron chi connectivity index (χ4n) is 3.65. The third kappa shape index (κ3) is 4.82. The van der Waals surface area contributed by atoms with Crippen LogP contribution in [0, 0.1) is 18.7 Å². The summed E-state index contributed by atoms with van der Waals surface area (Å²) in [7, 11) is -2.26. The lowest BCUT2D eigenvalue weighted by Gasteiger charge is -2.31. The summed E-state index contributed by atoms with van der Waals surface area (Å²) in [6.45, 7) is 4.21. The Morgan fingerprint density at radius 3 is 2.40 bits per heavy atom. The molecule has 1 aliphatic heterocycles. The fourth-order valence-corrected chi connectivity index (χ4v) is 5.36. The molecule has 1 saturated heterocycles. The average Bonchev–Trinajstić information content (AvgIpc) is 2.74. The Kier molecular flexibility index (Phi) is 6.77. The molecular weight excluding hydrogens is 407 g/mol. The first-order valence-electron chi connectivity index (χ1n) is 9.93. The molecule has 2 aromatic rings. The van der Waals surface area contributed by atoms with Gasteiger partial charge >= 0.3 is 0 Å². The highest BCUT2D eigenvalue weighted by Crippen LogP contribution is 2.30. The van der Waals surface area contributed by atoms with Crippen LogP contribution in [0.1, 0.15) is 36.9 Å². The summed E-state index contributed by atoms with van der Waals surface area (Å²) in [5.74, 6) is -0.388. The van der Waals surface area contributed by atoms with Crippen LogP contribution in [-0.4, -0.2) is 38.8 Å². The molecule has 0 saturated carbocycles. The normalized spacial score (nSPS) is 16.8. The number of halogens is 1. The summed E-state index contributed by atoms with van der Waals surface area (Å²) in [5.41, 5.74) is 1.65. The average molecular weight is 435 g/mol. The molecule has 1 unspecified atom stereocenters. The zero-order chi connectivity index (χ0) is 21.9. The maximum absolute atomic E-state index is 13.1. The second-order valence-electron chi connectivity index (χ2n) is 7.61. The van der Waals surface area contributed by atoms with Crippen molar-refractivity contribution in [2.75, 3.05) is 20.2 Å². The lowest BCUT2D eigenvalue weighted by Crippen LogP contribution is -2.43. The number of nitrogens with one attached hydrogen (secondary N) is 1. The van der Waals surface area contributed by atoms with Crippen LogP contribution in [0.25, 0.3) is 0 Å². The van der Waals surface area contributed by atoms with Gasteiger partial charge in [0.1, 0.15) is 16.5 Å². The van der Waals surface area contributed by atoms with E-state index in [4.69, 9.17) is 4.74 Å². The van der Waals surface area contributed by atoms with E-state index < -0.39 is 10.0 Å². The Balaban J connectivity index is 1.63. The van der Waals surface area contributed by atoms with Crippen LogP contribution in [0.2, 0.25) is 0 Å². The Hall–Kier alpha value is -2.45. The SMILES string of the molecule is COc1ccc(C)cc1S(=O)(=O)N1CCC(C(=O)NC(C)c2ccc(F)cc2)CC1. The summed E-state index contributed by atoms with van der Waals surface area (Å²) in [4.78, 5) is 12.8. The van der Waals surface area contributed by atoms with Crippen molar-refractivity contribution in [2.24, 2.45) is 5.92 Å². The van der Waals surface area contributed by atoms with E-state index in [9.17, 15) is 17.6 Å². The van der Waals surface area contributed by atoms with Crippen molar-refractivity contribution in [2.45, 2.75) is 37.6 Å². The first-order valence-corrected chi connectivity index (χ1v) is 11.4. The van der Waals surface area contributed by atoms with Crippen LogP contribution >= 0.6 is 0 Å². The van der Waals surface area contributed by atoms with Gasteiger partial charge in [-0.25, -0.2) is 12.8 Å². The molecule has 0 aliphatic carbocycles. The summed E-state index contributed by atoms with van der Waals surface area (Å²) in [6.07, 6.45) is 0.880. The maximum atomic E-state index is 13.1. The van der Waals surface area contributed by atoms with Gasteiger partial charge in [-0.2, -0.15) is 4.31 Å². The molecule has 2 aromatic carbocycles. The zero-order valence-electron chi connectivity index (χ0n) is 17.4. The van der Waals surface area contributed by atoms with Gasteiger partial charge < -0.3 is 10.1 Å². The number of benzene rings is 2. The standard InChI is InChI=1S/C22H27FN2O4S/c1-15-4-9-20(29-3)21(14-15)30(27,28)25-12-10-18(11-13-25)22(26)24-16(2)17-5-7-19(23)8-6-17/h4-9,14,16,18H,10-13H2,1-3H3,(H,24,26). The van der Waals surface area contributed by atoms with Crippen LogP contribution in [0.3, 0.4) is 0 Å². The highest BCUT2D eigenvalue weighted by atomic mass is 32.2. The fraction of sp³-hybridized carbons (Fsp3) is 0.409. The third-order valence-electron chi connectivity index (χ3n) is 5.49. The molecule has 0 bridgehead atoms. The monoisotopic (exact) mass is 434 g/mol. The smallest absolute Gasteiger partial charge is 0.246 e. The number of carbonyl (C=O) groups excluding carboxylic acids is 1. The minimum Gasteiger partial charge on any atom is -0.495 e. The molecule has 1 fully saturated rings. The van der Waals surface area contributed by atoms with Crippen molar-refractivity contribution >= 4 is 15.9 Å². The number of hydrogen-bond donors (Lipinski definition) is 1. The molecule has 3 rings (SSSR count). The molecular formula is C22H27FN2O4S. The van der Waals surface area contributed by atoms with Crippen molar-refractivity contribution in [3.05, 3.63) is 59.4 Å². The first-order chi connectivity index (χ1) is 14.2. The first kappa shape index (κ1) is 22.2. The van der Waals surface area contributed by atoms with Gasteiger partial charge in [-0.3, -0.25) is 4.79 Å². The van der Waals surface area contributed by atoms with Crippen molar-refractivity contribution in [3.8, 4) is 5.75 Å². The van der Waals surface area contributed by atoms with Gasteiger partial charge in [-0.05, 0) is 62.1 Å². The quantitative estimate of drug-likeness (QED) is 0.756. The molecule has 0 aromatic heterocycles. The summed E-state index contributed by atoms with van der Waals surface area (Å²) in [6, 6.07) is 10.8. The van der Waals surface area contributed by atoms with E-state index in [0.717, 1.165) is 11.1 Å². The van der Waals surface area contributed by atoms with E-state index in [0.29, 0.717) is 18.6 Å². The Bertz CT molecular complexity index is 1000. The minimum absolute atomic E-state index is 0.114. The number of sulfonamides is 1. The minimum atomic E-state index is -3.71. The van der Waals surface area contributed by atoms with Gasteiger partial charge in [-0.15, -0.1) is 0 Å². The van der Waals surface area contributed by atoms with Crippen LogP contribution in [-0.2, 0) is 14.8 Å². The highest BCUT2D eigenvalue weighted by molar-refractivity contribution is 7.89. The second kappa shape index (κ2) is 9.14. The summed E-state index contributed by atoms with van der Waals surface area (Å²) < 4.78 is 45.9. The molecule has 1 aliphatic rings. The van der Waals surface area contributed by atoms with E-state index in [1.165, 1.54) is 23.5 Å². The number of amides is 1. The van der Waals surface area contributed by atoms with Gasteiger partial charge in [0, 0.05) is 19.0 Å². The molecule has 6 nitrogen and oxygen atoms in total. The molecule has 1 amide bonds. The maximum Gasteiger partial charge on any atom is 0.246 e. The van der Waals surface area contributed by atoms with E-state index in [-0.39, 0.29) is 41.7 Å². The molecule has 162 valence electrons. The van der Waals surface area contributed by atoms with Crippen LogP contribution in [0.15, 0.2) is 47.4 Å². The number of nitrogens with zero attached hydrogens (tertiary/aromatic N) is 1. The van der Waals surface area contributed by atoms with Crippen LogP contribution < -0.4 is 10.1 Å². The summed E-state index contributed by atoms with van der Waals surface area (Å²) >= 11 is 0. The Morgan fingerprint density at radius 1 is 1.17 bits per heavy atom. The second-order valence-corrected chi connectivity index (χ2v) is 9.52. The van der Waals surface area contributed by atoms with Gasteiger partial charge in [0.15, 0.2) is 0 Å². The van der Waals surface area contributed by atoms with E-state index in [1.54, 1.807) is 30.3 Å². The van der Waals surface area contributed by atoms with Gasteiger partial charge in [0.25, 0.3) is 0 Å². The molecule has 30 heavy (non-hydrogen) atoms. The lowest BCUT2D eigenvalue weighted by atomic mass is 9.96. The van der Waals surface area contributed by atoms with Crippen LogP contribution in [0.5, 0.6) is 5.75 Å². The number of aryl methyl sites for hydroxylation is 1. The van der Waals surface area contributed by atoms with Gasteiger partial charge in [0.05, 0.1) is 13.2 Å². The van der Waals surface area contributed by atoms with E-state index in [2.05, 4.69) is 5.32 Å². The predicted molar refractivity (Wildman–Crippen MR) is 112 cm³/mol. The number of ether oxygens (including phenoxy) is 1. The van der Waals surface area contributed by atoms with Crippen molar-refractivity contribution < 1.29 is 22.3 Å². The topological polar surface area (TPSA) is 75.7 Å². The Morgan fingerprint density at radius 2 is 1.80 bits per heavy atom. The van der Waals surface area contributed by atoms with Gasteiger partial charge in [0.2, 0.25) is 15.9 Å². The number of methoxy groups -OCH3 is 1. The number of carbonyl (C=O) groups is 1. The molecule has 0 spiro atoms. The molecule has 8 heteroatoms. The number of hydrogen-bond acceptors (Lipinski definition) is 4. The Labute approximate surface area is 177 Å². The molecule has 0 radical (unpaired) electrons. The summed E-state index contributed by atoms with van der Waals surface area (Å²) in [5, 5.41) is 2.95. The zero-order valence-corrected chi connectivity index (χ0v) is 18.2. The van der Waals surface area contributed by atoms with Crippen molar-refractivity contribution in [3.63, 3.8) is 0 Å². The highest BCUT2D eigenvalue weighted by Gasteiger charge is 2.34. The third-order valence-corrected chi connectivity index (χ3v) is 7.41. The predicted octanol–water partition coefficient (Wildman–Crippen LogP) is 3.42. The van der Waals surface area contributed by atoms with E-state index in [1.807, 2.05) is 13.8 Å². The van der Waals surface area contributed by atoms with Gasteiger partial charge in [-0.1, -0.05) is 18.2 Å².